The maximum Gasteiger partial charge on any atom is 0.308 e. The molecule has 5 heteroatoms. The summed E-state index contributed by atoms with van der Waals surface area (Å²) in [6, 6.07) is 0. The molecule has 0 aromatic rings. The molecule has 1 aliphatic heterocycles. The first-order valence-corrected chi connectivity index (χ1v) is 9.20. The zero-order valence-electron chi connectivity index (χ0n) is 14.3. The minimum atomic E-state index is -0.805. The van der Waals surface area contributed by atoms with Gasteiger partial charge >= 0.3 is 5.97 Å². The summed E-state index contributed by atoms with van der Waals surface area (Å²) >= 11 is 0. The van der Waals surface area contributed by atoms with Crippen molar-refractivity contribution in [3.05, 3.63) is 0 Å². The van der Waals surface area contributed by atoms with E-state index in [-0.39, 0.29) is 24.3 Å². The molecule has 2 atom stereocenters. The van der Waals surface area contributed by atoms with Crippen LogP contribution < -0.4 is 5.32 Å². The van der Waals surface area contributed by atoms with Crippen LogP contribution in [0.3, 0.4) is 0 Å². The molecule has 2 fully saturated rings. The molecule has 1 amide bonds. The van der Waals surface area contributed by atoms with Crippen LogP contribution in [0.15, 0.2) is 0 Å². The summed E-state index contributed by atoms with van der Waals surface area (Å²) in [4.78, 5) is 24.0. The lowest BCUT2D eigenvalue weighted by molar-refractivity contribution is -0.145. The summed E-state index contributed by atoms with van der Waals surface area (Å²) in [5.41, 5.74) is 0. The number of carbonyl (C=O) groups excluding carboxylic acids is 1. The van der Waals surface area contributed by atoms with E-state index >= 15 is 0 Å². The molecule has 2 rings (SSSR count). The third-order valence-corrected chi connectivity index (χ3v) is 5.60. The van der Waals surface area contributed by atoms with E-state index in [1.54, 1.807) is 0 Å². The fourth-order valence-electron chi connectivity index (χ4n) is 4.04. The molecular formula is C18H31NO4. The van der Waals surface area contributed by atoms with Gasteiger partial charge in [0, 0.05) is 25.7 Å². The molecule has 132 valence electrons. The van der Waals surface area contributed by atoms with E-state index in [1.165, 1.54) is 25.7 Å². The van der Waals surface area contributed by atoms with Crippen LogP contribution in [0.2, 0.25) is 0 Å². The summed E-state index contributed by atoms with van der Waals surface area (Å²) in [5, 5.41) is 12.4. The van der Waals surface area contributed by atoms with Crippen LogP contribution in [0, 0.1) is 23.7 Å². The number of nitrogens with one attached hydrogen (secondary N) is 1. The van der Waals surface area contributed by atoms with Gasteiger partial charge in [-0.3, -0.25) is 9.59 Å². The van der Waals surface area contributed by atoms with Gasteiger partial charge in [-0.2, -0.15) is 0 Å². The molecule has 1 heterocycles. The van der Waals surface area contributed by atoms with E-state index in [0.717, 1.165) is 25.7 Å². The summed E-state index contributed by atoms with van der Waals surface area (Å²) < 4.78 is 5.30. The van der Waals surface area contributed by atoms with Gasteiger partial charge < -0.3 is 15.2 Å². The van der Waals surface area contributed by atoms with Crippen molar-refractivity contribution in [1.29, 1.82) is 0 Å². The second kappa shape index (κ2) is 9.26. The highest BCUT2D eigenvalue weighted by Crippen LogP contribution is 2.31. The Morgan fingerprint density at radius 3 is 2.39 bits per heavy atom. The van der Waals surface area contributed by atoms with E-state index < -0.39 is 11.9 Å². The molecule has 0 aromatic heterocycles. The van der Waals surface area contributed by atoms with Gasteiger partial charge in [0.1, 0.15) is 0 Å². The number of amides is 1. The fraction of sp³-hybridized carbons (Fsp3) is 0.889. The van der Waals surface area contributed by atoms with Gasteiger partial charge in [0.25, 0.3) is 0 Å². The van der Waals surface area contributed by atoms with Crippen LogP contribution in [0.25, 0.3) is 0 Å². The first-order valence-electron chi connectivity index (χ1n) is 9.20. The van der Waals surface area contributed by atoms with Crippen molar-refractivity contribution in [3.8, 4) is 0 Å². The van der Waals surface area contributed by atoms with E-state index in [1.807, 2.05) is 6.92 Å². The number of ether oxygens (including phenoxy) is 1. The summed E-state index contributed by atoms with van der Waals surface area (Å²) in [6.45, 7) is 3.55. The topological polar surface area (TPSA) is 75.6 Å². The highest BCUT2D eigenvalue weighted by Gasteiger charge is 2.31. The maximum atomic E-state index is 12.4. The quantitative estimate of drug-likeness (QED) is 0.719. The first kappa shape index (κ1) is 18.2. The van der Waals surface area contributed by atoms with Gasteiger partial charge in [0.05, 0.1) is 5.92 Å². The first-order chi connectivity index (χ1) is 11.1. The van der Waals surface area contributed by atoms with E-state index in [0.29, 0.717) is 19.1 Å². The van der Waals surface area contributed by atoms with Gasteiger partial charge in [0.15, 0.2) is 0 Å². The van der Waals surface area contributed by atoms with Crippen molar-refractivity contribution < 1.29 is 19.4 Å². The minimum absolute atomic E-state index is 0.0298. The zero-order chi connectivity index (χ0) is 16.7. The van der Waals surface area contributed by atoms with Crippen LogP contribution >= 0.6 is 0 Å². The number of rotatable bonds is 8. The predicted octanol–water partition coefficient (Wildman–Crippen LogP) is 2.84. The minimum Gasteiger partial charge on any atom is -0.481 e. The van der Waals surface area contributed by atoms with Crippen LogP contribution in [-0.2, 0) is 14.3 Å². The lowest BCUT2D eigenvalue weighted by atomic mass is 9.85. The molecule has 1 saturated carbocycles. The van der Waals surface area contributed by atoms with Gasteiger partial charge in [-0.05, 0) is 37.5 Å². The van der Waals surface area contributed by atoms with Crippen molar-refractivity contribution in [3.63, 3.8) is 0 Å². The molecule has 23 heavy (non-hydrogen) atoms. The molecule has 0 radical (unpaired) electrons. The molecule has 2 aliphatic rings. The van der Waals surface area contributed by atoms with Crippen LogP contribution in [0.5, 0.6) is 0 Å². The smallest absolute Gasteiger partial charge is 0.308 e. The molecule has 5 nitrogen and oxygen atoms in total. The third kappa shape index (κ3) is 5.48. The highest BCUT2D eigenvalue weighted by molar-refractivity contribution is 5.79. The Morgan fingerprint density at radius 1 is 1.17 bits per heavy atom. The van der Waals surface area contributed by atoms with E-state index in [9.17, 15) is 14.7 Å². The van der Waals surface area contributed by atoms with Crippen LogP contribution in [-0.4, -0.2) is 36.7 Å². The van der Waals surface area contributed by atoms with Crippen LogP contribution in [0.1, 0.15) is 58.3 Å². The fourth-order valence-corrected chi connectivity index (χ4v) is 4.04. The van der Waals surface area contributed by atoms with Gasteiger partial charge in [-0.1, -0.05) is 32.6 Å². The molecule has 1 aliphatic carbocycles. The van der Waals surface area contributed by atoms with E-state index in [4.69, 9.17) is 4.74 Å². The highest BCUT2D eigenvalue weighted by atomic mass is 16.5. The normalized spacial score (nSPS) is 22.7. The van der Waals surface area contributed by atoms with E-state index in [2.05, 4.69) is 5.32 Å². The Bertz CT molecular complexity index is 386. The van der Waals surface area contributed by atoms with Crippen molar-refractivity contribution in [1.82, 2.24) is 5.32 Å². The third-order valence-electron chi connectivity index (χ3n) is 5.60. The van der Waals surface area contributed by atoms with Gasteiger partial charge in [0.2, 0.25) is 5.91 Å². The van der Waals surface area contributed by atoms with Gasteiger partial charge in [-0.15, -0.1) is 0 Å². The molecule has 1 saturated heterocycles. The Hall–Kier alpha value is -1.10. The number of hydrogen-bond acceptors (Lipinski definition) is 3. The Kier molecular flexibility index (Phi) is 7.34. The number of hydrogen-bond donors (Lipinski definition) is 2. The molecule has 2 N–H and O–H groups in total. The Labute approximate surface area is 139 Å². The van der Waals surface area contributed by atoms with Gasteiger partial charge in [-0.25, -0.2) is 0 Å². The lowest BCUT2D eigenvalue weighted by Crippen LogP contribution is -2.41. The molecule has 0 bridgehead atoms. The Morgan fingerprint density at radius 2 is 1.83 bits per heavy atom. The molecule has 0 spiro atoms. The lowest BCUT2D eigenvalue weighted by Gasteiger charge is -2.28. The van der Waals surface area contributed by atoms with Crippen molar-refractivity contribution in [2.24, 2.45) is 23.7 Å². The zero-order valence-corrected chi connectivity index (χ0v) is 14.3. The number of carbonyl (C=O) groups is 2. The molecule has 2 unspecified atom stereocenters. The average molecular weight is 325 g/mol. The summed E-state index contributed by atoms with van der Waals surface area (Å²) in [6.07, 6.45) is 8.38. The van der Waals surface area contributed by atoms with Crippen molar-refractivity contribution in [2.75, 3.05) is 19.8 Å². The second-order valence-corrected chi connectivity index (χ2v) is 7.13. The summed E-state index contributed by atoms with van der Waals surface area (Å²) in [7, 11) is 0. The Balaban J connectivity index is 1.82. The maximum absolute atomic E-state index is 12.4. The predicted molar refractivity (Wildman–Crippen MR) is 88.0 cm³/mol. The number of carboxylic acids is 1. The van der Waals surface area contributed by atoms with Crippen molar-refractivity contribution in [2.45, 2.75) is 58.3 Å². The standard InChI is InChI=1S/C18H31NO4/c1-2-14(11-13-5-3-4-6-13)17(20)19-12-16(18(21)22)15-7-9-23-10-8-15/h13-16H,2-12H2,1H3,(H,19,20)(H,21,22). The average Bonchev–Trinajstić information content (AvgIpc) is 3.06. The monoisotopic (exact) mass is 325 g/mol. The van der Waals surface area contributed by atoms with Crippen LogP contribution in [0.4, 0.5) is 0 Å². The number of carboxylic acid groups (broad SMARTS) is 1. The second-order valence-electron chi connectivity index (χ2n) is 7.13. The molecular weight excluding hydrogens is 294 g/mol. The number of aliphatic carboxylic acids is 1. The molecule has 0 aromatic carbocycles. The SMILES string of the molecule is CCC(CC1CCCC1)C(=O)NCC(C(=O)O)C1CCOCC1. The van der Waals surface area contributed by atoms with Crippen molar-refractivity contribution >= 4 is 11.9 Å². The summed E-state index contributed by atoms with van der Waals surface area (Å²) in [5.74, 6) is -0.444. The largest absolute Gasteiger partial charge is 0.481 e.